The number of esters is 1. The number of hydrogen-bond acceptors (Lipinski definition) is 4. The number of hydrogen-bond donors (Lipinski definition) is 1. The number of rotatable bonds is 4. The molecule has 0 saturated carbocycles. The van der Waals surface area contributed by atoms with Crippen molar-refractivity contribution in [2.45, 2.75) is 19.3 Å². The molecule has 6 heteroatoms. The van der Waals surface area contributed by atoms with E-state index in [1.807, 2.05) is 24.3 Å². The Kier molecular flexibility index (Phi) is 4.54. The van der Waals surface area contributed by atoms with E-state index >= 15 is 0 Å². The van der Waals surface area contributed by atoms with Crippen molar-refractivity contribution in [2.75, 3.05) is 11.9 Å². The number of aryl methyl sites for hydroxylation is 1. The van der Waals surface area contributed by atoms with Gasteiger partial charge in [-0.05, 0) is 43.0 Å². The number of carbonyl (C=O) groups is 2. The predicted molar refractivity (Wildman–Crippen MR) is 99.1 cm³/mol. The SMILES string of the molecule is O=C(COC(=O)c1c2c(nc3ccccc13)CCC2)Nc1ccccc1F. The Balaban J connectivity index is 1.54. The van der Waals surface area contributed by atoms with Crippen molar-refractivity contribution < 1.29 is 18.7 Å². The van der Waals surface area contributed by atoms with E-state index in [2.05, 4.69) is 10.3 Å². The standard InChI is InChI=1S/C21H17FN2O3/c22-15-8-2-4-10-18(15)24-19(25)12-27-21(26)20-13-6-1-3-9-16(13)23-17-11-5-7-14(17)20/h1-4,6,8-10H,5,7,11-12H2,(H,24,25). The third-order valence-electron chi connectivity index (χ3n) is 4.61. The molecule has 136 valence electrons. The molecule has 2 aromatic carbocycles. The number of para-hydroxylation sites is 2. The van der Waals surface area contributed by atoms with Gasteiger partial charge in [0, 0.05) is 11.1 Å². The lowest BCUT2D eigenvalue weighted by atomic mass is 10.0. The molecule has 1 N–H and O–H groups in total. The average molecular weight is 364 g/mol. The average Bonchev–Trinajstić information content (AvgIpc) is 3.14. The zero-order chi connectivity index (χ0) is 18.8. The summed E-state index contributed by atoms with van der Waals surface area (Å²) in [4.78, 5) is 29.4. The van der Waals surface area contributed by atoms with Crippen molar-refractivity contribution in [3.8, 4) is 0 Å². The molecule has 27 heavy (non-hydrogen) atoms. The number of carbonyl (C=O) groups excluding carboxylic acids is 2. The van der Waals surface area contributed by atoms with E-state index in [1.165, 1.54) is 18.2 Å². The highest BCUT2D eigenvalue weighted by Crippen LogP contribution is 2.30. The molecule has 1 amide bonds. The Labute approximate surface area is 155 Å². The summed E-state index contributed by atoms with van der Waals surface area (Å²) in [5.41, 5.74) is 3.08. The normalized spacial score (nSPS) is 12.6. The number of halogens is 1. The van der Waals surface area contributed by atoms with E-state index < -0.39 is 24.3 Å². The van der Waals surface area contributed by atoms with Crippen LogP contribution in [0.5, 0.6) is 0 Å². The first-order chi connectivity index (χ1) is 13.1. The molecule has 0 fully saturated rings. The maximum absolute atomic E-state index is 13.6. The summed E-state index contributed by atoms with van der Waals surface area (Å²) >= 11 is 0. The molecule has 1 aliphatic rings. The highest BCUT2D eigenvalue weighted by molar-refractivity contribution is 6.06. The number of nitrogens with one attached hydrogen (secondary N) is 1. The molecule has 1 aliphatic carbocycles. The van der Waals surface area contributed by atoms with E-state index in [4.69, 9.17) is 4.74 Å². The van der Waals surface area contributed by atoms with Gasteiger partial charge >= 0.3 is 5.97 Å². The van der Waals surface area contributed by atoms with Gasteiger partial charge in [0.15, 0.2) is 6.61 Å². The topological polar surface area (TPSA) is 68.3 Å². The molecule has 0 bridgehead atoms. The summed E-state index contributed by atoms with van der Waals surface area (Å²) in [6.45, 7) is -0.488. The number of pyridine rings is 1. The number of aromatic nitrogens is 1. The molecular formula is C21H17FN2O3. The van der Waals surface area contributed by atoms with Crippen LogP contribution in [-0.4, -0.2) is 23.5 Å². The number of anilines is 1. The molecule has 5 nitrogen and oxygen atoms in total. The van der Waals surface area contributed by atoms with Crippen LogP contribution < -0.4 is 5.32 Å². The number of benzene rings is 2. The van der Waals surface area contributed by atoms with E-state index in [1.54, 1.807) is 6.07 Å². The summed E-state index contributed by atoms with van der Waals surface area (Å²) in [6.07, 6.45) is 2.53. The zero-order valence-corrected chi connectivity index (χ0v) is 14.5. The number of amides is 1. The Hall–Kier alpha value is -3.28. The van der Waals surface area contributed by atoms with Crippen LogP contribution in [0.4, 0.5) is 10.1 Å². The number of nitrogens with zero attached hydrogens (tertiary/aromatic N) is 1. The van der Waals surface area contributed by atoms with Gasteiger partial charge in [-0.15, -0.1) is 0 Å². The zero-order valence-electron chi connectivity index (χ0n) is 14.5. The van der Waals surface area contributed by atoms with E-state index in [-0.39, 0.29) is 5.69 Å². The second kappa shape index (κ2) is 7.15. The fourth-order valence-corrected chi connectivity index (χ4v) is 3.40. The van der Waals surface area contributed by atoms with Crippen LogP contribution in [-0.2, 0) is 22.4 Å². The van der Waals surface area contributed by atoms with Gasteiger partial charge in [0.2, 0.25) is 0 Å². The van der Waals surface area contributed by atoms with Gasteiger partial charge in [-0.1, -0.05) is 30.3 Å². The predicted octanol–water partition coefficient (Wildman–Crippen LogP) is 3.66. The van der Waals surface area contributed by atoms with Crippen molar-refractivity contribution in [1.82, 2.24) is 4.98 Å². The third kappa shape index (κ3) is 3.38. The number of fused-ring (bicyclic) bond motifs is 2. The summed E-state index contributed by atoms with van der Waals surface area (Å²) in [7, 11) is 0. The summed E-state index contributed by atoms with van der Waals surface area (Å²) in [5.74, 6) is -1.70. The lowest BCUT2D eigenvalue weighted by Crippen LogP contribution is -2.22. The molecule has 1 heterocycles. The molecule has 0 saturated heterocycles. The van der Waals surface area contributed by atoms with E-state index in [0.29, 0.717) is 5.56 Å². The minimum atomic E-state index is -0.594. The second-order valence-corrected chi connectivity index (χ2v) is 6.39. The van der Waals surface area contributed by atoms with E-state index in [0.717, 1.165) is 41.4 Å². The molecule has 0 aliphatic heterocycles. The highest BCUT2D eigenvalue weighted by atomic mass is 19.1. The summed E-state index contributed by atoms with van der Waals surface area (Å²) < 4.78 is 18.8. The number of ether oxygens (including phenoxy) is 1. The van der Waals surface area contributed by atoms with Gasteiger partial charge in [0.1, 0.15) is 5.82 Å². The van der Waals surface area contributed by atoms with Gasteiger partial charge < -0.3 is 10.1 Å². The smallest absolute Gasteiger partial charge is 0.339 e. The first kappa shape index (κ1) is 17.1. The summed E-state index contributed by atoms with van der Waals surface area (Å²) in [5, 5.41) is 3.12. The third-order valence-corrected chi connectivity index (χ3v) is 4.61. The van der Waals surface area contributed by atoms with Crippen molar-refractivity contribution in [3.63, 3.8) is 0 Å². The Bertz CT molecular complexity index is 1050. The maximum Gasteiger partial charge on any atom is 0.339 e. The van der Waals surface area contributed by atoms with E-state index in [9.17, 15) is 14.0 Å². The van der Waals surface area contributed by atoms with Crippen LogP contribution in [0.3, 0.4) is 0 Å². The van der Waals surface area contributed by atoms with Crippen LogP contribution in [0.15, 0.2) is 48.5 Å². The fraction of sp³-hybridized carbons (Fsp3) is 0.190. The van der Waals surface area contributed by atoms with Crippen LogP contribution in [0.25, 0.3) is 10.9 Å². The quantitative estimate of drug-likeness (QED) is 0.718. The Morgan fingerprint density at radius 3 is 2.70 bits per heavy atom. The van der Waals surface area contributed by atoms with Gasteiger partial charge in [-0.25, -0.2) is 9.18 Å². The van der Waals surface area contributed by atoms with Gasteiger partial charge in [0.05, 0.1) is 16.8 Å². The Morgan fingerprint density at radius 1 is 1.07 bits per heavy atom. The van der Waals surface area contributed by atoms with Crippen LogP contribution >= 0.6 is 0 Å². The molecular weight excluding hydrogens is 347 g/mol. The summed E-state index contributed by atoms with van der Waals surface area (Å²) in [6, 6.07) is 13.2. The first-order valence-corrected chi connectivity index (χ1v) is 8.75. The van der Waals surface area contributed by atoms with Gasteiger partial charge in [-0.2, -0.15) is 0 Å². The molecule has 4 rings (SSSR count). The molecule has 3 aromatic rings. The minimum absolute atomic E-state index is 0.0498. The monoisotopic (exact) mass is 364 g/mol. The Morgan fingerprint density at radius 2 is 1.85 bits per heavy atom. The first-order valence-electron chi connectivity index (χ1n) is 8.75. The van der Waals surface area contributed by atoms with Crippen molar-refractivity contribution in [2.24, 2.45) is 0 Å². The molecule has 0 unspecified atom stereocenters. The maximum atomic E-state index is 13.6. The molecule has 0 atom stereocenters. The van der Waals surface area contributed by atoms with Crippen molar-refractivity contribution in [1.29, 1.82) is 0 Å². The van der Waals surface area contributed by atoms with Gasteiger partial charge in [-0.3, -0.25) is 9.78 Å². The fourth-order valence-electron chi connectivity index (χ4n) is 3.40. The van der Waals surface area contributed by atoms with Gasteiger partial charge in [0.25, 0.3) is 5.91 Å². The van der Waals surface area contributed by atoms with Crippen LogP contribution in [0, 0.1) is 5.82 Å². The lowest BCUT2D eigenvalue weighted by molar-refractivity contribution is -0.119. The highest BCUT2D eigenvalue weighted by Gasteiger charge is 2.25. The molecule has 1 aromatic heterocycles. The second-order valence-electron chi connectivity index (χ2n) is 6.39. The molecule has 0 spiro atoms. The van der Waals surface area contributed by atoms with Crippen LogP contribution in [0.2, 0.25) is 0 Å². The largest absolute Gasteiger partial charge is 0.452 e. The molecule has 0 radical (unpaired) electrons. The van der Waals surface area contributed by atoms with Crippen LogP contribution in [0.1, 0.15) is 28.0 Å². The minimum Gasteiger partial charge on any atom is -0.452 e. The van der Waals surface area contributed by atoms with Crippen molar-refractivity contribution in [3.05, 3.63) is 71.2 Å². The lowest BCUT2D eigenvalue weighted by Gasteiger charge is -2.12. The van der Waals surface area contributed by atoms with Crippen molar-refractivity contribution >= 4 is 28.5 Å².